The highest BCUT2D eigenvalue weighted by atomic mass is 79.9. The number of benzene rings is 2. The van der Waals surface area contributed by atoms with Gasteiger partial charge in [-0.05, 0) is 41.4 Å². The lowest BCUT2D eigenvalue weighted by Crippen LogP contribution is -2.33. The van der Waals surface area contributed by atoms with Crippen LogP contribution in [0.1, 0.15) is 91.9 Å². The van der Waals surface area contributed by atoms with E-state index in [1.165, 1.54) is 0 Å². The summed E-state index contributed by atoms with van der Waals surface area (Å²) in [6.07, 6.45) is 3.61. The Kier molecular flexibility index (Phi) is 9.00. The maximum absolute atomic E-state index is 13.7. The molecule has 0 bridgehead atoms. The quantitative estimate of drug-likeness (QED) is 0.351. The summed E-state index contributed by atoms with van der Waals surface area (Å²) in [4.78, 5) is 28.9. The van der Waals surface area contributed by atoms with E-state index in [0.717, 1.165) is 29.5 Å². The van der Waals surface area contributed by atoms with Gasteiger partial charge in [0.25, 0.3) is 5.91 Å². The molecule has 1 aromatic heterocycles. The van der Waals surface area contributed by atoms with Gasteiger partial charge in [0.05, 0.1) is 13.1 Å². The molecule has 0 atom stereocenters. The number of nitrogens with zero attached hydrogens (tertiary/aromatic N) is 3. The first-order valence-electron chi connectivity index (χ1n) is 13.4. The third-order valence-electron chi connectivity index (χ3n) is 7.25. The largest absolute Gasteiger partial charge is 0.507 e. The van der Waals surface area contributed by atoms with Crippen molar-refractivity contribution < 1.29 is 14.7 Å². The van der Waals surface area contributed by atoms with Gasteiger partial charge in [0.15, 0.2) is 5.78 Å². The van der Waals surface area contributed by atoms with Gasteiger partial charge in [0.1, 0.15) is 11.4 Å². The number of hydrogen-bond acceptors (Lipinski definition) is 4. The Hall–Kier alpha value is -3.13. The fourth-order valence-electron chi connectivity index (χ4n) is 5.03. The highest BCUT2D eigenvalue weighted by Gasteiger charge is 2.29. The molecule has 3 aromatic rings. The van der Waals surface area contributed by atoms with Gasteiger partial charge >= 0.3 is 0 Å². The first kappa shape index (κ1) is 30.4. The number of phenolic OH excluding ortho intramolecular Hbond substituents is 1. The third kappa shape index (κ3) is 6.55. The molecule has 0 spiro atoms. The number of hydrogen-bond donors (Lipinski definition) is 2. The number of ketones is 1. The SMILES string of the molecule is Br.CC(C)(C)c1cc(C(=O)Cn2cc(C(=O)N3CCCC3)n(Cc3ccccc3)c2=N)cc(C(C)(C)C)c1O. The minimum absolute atomic E-state index is 0. The average molecular weight is 598 g/mol. The number of carbonyl (C=O) groups is 2. The number of carbonyl (C=O) groups excluding carboxylic acids is 2. The van der Waals surface area contributed by atoms with E-state index in [9.17, 15) is 14.7 Å². The lowest BCUT2D eigenvalue weighted by atomic mass is 9.78. The number of Topliss-reactive ketones (excluding diaryl/α,β-unsaturated/α-hetero) is 1. The highest BCUT2D eigenvalue weighted by molar-refractivity contribution is 8.93. The molecule has 2 N–H and O–H groups in total. The molecule has 1 amide bonds. The van der Waals surface area contributed by atoms with Crippen LogP contribution >= 0.6 is 17.0 Å². The second kappa shape index (κ2) is 11.5. The summed E-state index contributed by atoms with van der Waals surface area (Å²) in [6.45, 7) is 13.8. The number of halogens is 1. The minimum Gasteiger partial charge on any atom is -0.507 e. The Labute approximate surface area is 241 Å². The summed E-state index contributed by atoms with van der Waals surface area (Å²) >= 11 is 0. The van der Waals surface area contributed by atoms with Gasteiger partial charge in [-0.2, -0.15) is 0 Å². The molecule has 1 fully saturated rings. The Balaban J connectivity index is 0.00000420. The molecule has 1 saturated heterocycles. The number of amides is 1. The summed E-state index contributed by atoms with van der Waals surface area (Å²) in [5.74, 6) is -0.0489. The first-order valence-corrected chi connectivity index (χ1v) is 13.4. The average Bonchev–Trinajstić information content (AvgIpc) is 3.48. The number of nitrogens with one attached hydrogen (secondary N) is 1. The molecular formula is C31H41BrN4O3. The molecule has 0 saturated carbocycles. The summed E-state index contributed by atoms with van der Waals surface area (Å²) in [6, 6.07) is 13.3. The van der Waals surface area contributed by atoms with Gasteiger partial charge in [0.2, 0.25) is 5.62 Å². The standard InChI is InChI=1S/C31H40N4O3.BrH/c1-30(2,3)23-16-22(17-24(27(23)37)31(4,5)6)26(36)20-34-19-25(28(38)33-14-10-11-15-33)35(29(34)32)18-21-12-8-7-9-13-21;/h7-9,12-13,16-17,19,32,37H,10-11,14-15,18,20H2,1-6H3;1H. The molecule has 210 valence electrons. The molecule has 8 heteroatoms. The molecule has 0 unspecified atom stereocenters. The Morgan fingerprint density at radius 1 is 0.923 bits per heavy atom. The van der Waals surface area contributed by atoms with Crippen molar-refractivity contribution in [2.75, 3.05) is 13.1 Å². The van der Waals surface area contributed by atoms with E-state index in [2.05, 4.69) is 0 Å². The van der Waals surface area contributed by atoms with Gasteiger partial charge in [-0.1, -0.05) is 71.9 Å². The zero-order valence-corrected chi connectivity index (χ0v) is 25.6. The van der Waals surface area contributed by atoms with Gasteiger partial charge < -0.3 is 19.1 Å². The monoisotopic (exact) mass is 596 g/mol. The van der Waals surface area contributed by atoms with Crippen LogP contribution in [0.5, 0.6) is 5.75 Å². The number of likely N-dealkylation sites (tertiary alicyclic amines) is 1. The molecule has 2 heterocycles. The van der Waals surface area contributed by atoms with E-state index < -0.39 is 0 Å². The van der Waals surface area contributed by atoms with Gasteiger partial charge in [-0.3, -0.25) is 15.0 Å². The highest BCUT2D eigenvalue weighted by Crippen LogP contribution is 2.40. The maximum atomic E-state index is 13.7. The molecule has 7 nitrogen and oxygen atoms in total. The summed E-state index contributed by atoms with van der Waals surface area (Å²) < 4.78 is 3.26. The molecule has 39 heavy (non-hydrogen) atoms. The molecular weight excluding hydrogens is 556 g/mol. The second-order valence-electron chi connectivity index (χ2n) is 12.4. The van der Waals surface area contributed by atoms with E-state index in [-0.39, 0.29) is 57.4 Å². The van der Waals surface area contributed by atoms with Crippen LogP contribution in [0.3, 0.4) is 0 Å². The smallest absolute Gasteiger partial charge is 0.272 e. The van der Waals surface area contributed by atoms with Gasteiger partial charge in [-0.25, -0.2) is 0 Å². The maximum Gasteiger partial charge on any atom is 0.272 e. The van der Waals surface area contributed by atoms with Crippen LogP contribution in [0.2, 0.25) is 0 Å². The third-order valence-corrected chi connectivity index (χ3v) is 7.25. The molecule has 1 aliphatic rings. The number of rotatable bonds is 6. The van der Waals surface area contributed by atoms with E-state index in [0.29, 0.717) is 30.9 Å². The summed E-state index contributed by atoms with van der Waals surface area (Å²) in [5, 5.41) is 20.0. The van der Waals surface area contributed by atoms with Crippen molar-refractivity contribution >= 4 is 28.7 Å². The zero-order valence-electron chi connectivity index (χ0n) is 23.9. The van der Waals surface area contributed by atoms with E-state index in [4.69, 9.17) is 5.41 Å². The molecule has 4 rings (SSSR count). The Bertz CT molecular complexity index is 1370. The first-order chi connectivity index (χ1) is 17.8. The van der Waals surface area contributed by atoms with Crippen LogP contribution in [0.4, 0.5) is 0 Å². The number of imidazole rings is 1. The van der Waals surface area contributed by atoms with Gasteiger partial charge in [0, 0.05) is 36.0 Å². The van der Waals surface area contributed by atoms with Crippen LogP contribution < -0.4 is 5.62 Å². The zero-order chi connectivity index (χ0) is 27.8. The van der Waals surface area contributed by atoms with Crippen LogP contribution in [0.25, 0.3) is 0 Å². The van der Waals surface area contributed by atoms with Crippen molar-refractivity contribution in [1.29, 1.82) is 5.41 Å². The van der Waals surface area contributed by atoms with Crippen LogP contribution in [-0.2, 0) is 23.9 Å². The predicted octanol–water partition coefficient (Wildman–Crippen LogP) is 5.81. The predicted molar refractivity (Wildman–Crippen MR) is 159 cm³/mol. The lowest BCUT2D eigenvalue weighted by Gasteiger charge is -2.28. The van der Waals surface area contributed by atoms with Crippen LogP contribution in [0.15, 0.2) is 48.7 Å². The van der Waals surface area contributed by atoms with Crippen molar-refractivity contribution in [3.63, 3.8) is 0 Å². The molecule has 0 aliphatic carbocycles. The van der Waals surface area contributed by atoms with Crippen molar-refractivity contribution in [2.24, 2.45) is 0 Å². The molecule has 2 aromatic carbocycles. The van der Waals surface area contributed by atoms with Crippen LogP contribution in [0, 0.1) is 5.41 Å². The van der Waals surface area contributed by atoms with E-state index in [1.54, 1.807) is 27.5 Å². The van der Waals surface area contributed by atoms with Crippen LogP contribution in [-0.4, -0.2) is 43.9 Å². The number of aromatic nitrogens is 2. The number of phenols is 1. The molecule has 1 aliphatic heterocycles. The lowest BCUT2D eigenvalue weighted by molar-refractivity contribution is 0.0781. The van der Waals surface area contributed by atoms with E-state index >= 15 is 0 Å². The normalized spacial score (nSPS) is 13.8. The summed E-state index contributed by atoms with van der Waals surface area (Å²) in [5.41, 5.74) is 2.72. The Morgan fingerprint density at radius 3 is 1.97 bits per heavy atom. The van der Waals surface area contributed by atoms with Crippen molar-refractivity contribution in [3.05, 3.63) is 82.2 Å². The minimum atomic E-state index is -0.359. The van der Waals surface area contributed by atoms with E-state index in [1.807, 2.05) is 76.8 Å². The second-order valence-corrected chi connectivity index (χ2v) is 12.4. The Morgan fingerprint density at radius 2 is 1.46 bits per heavy atom. The summed E-state index contributed by atoms with van der Waals surface area (Å²) in [7, 11) is 0. The topological polar surface area (TPSA) is 91.3 Å². The van der Waals surface area contributed by atoms with Gasteiger partial charge in [-0.15, -0.1) is 17.0 Å². The van der Waals surface area contributed by atoms with Crippen molar-refractivity contribution in [3.8, 4) is 5.75 Å². The number of aromatic hydroxyl groups is 1. The van der Waals surface area contributed by atoms with Crippen molar-refractivity contribution in [1.82, 2.24) is 14.0 Å². The fourth-order valence-corrected chi connectivity index (χ4v) is 5.03. The molecule has 0 radical (unpaired) electrons. The van der Waals surface area contributed by atoms with Crippen molar-refractivity contribution in [2.45, 2.75) is 78.3 Å². The fraction of sp³-hybridized carbons (Fsp3) is 0.452.